The summed E-state index contributed by atoms with van der Waals surface area (Å²) in [5.41, 5.74) is -0.845. The fourth-order valence-electron chi connectivity index (χ4n) is 2.60. The average Bonchev–Trinajstić information content (AvgIpc) is 2.74. The second-order valence-electron chi connectivity index (χ2n) is 6.27. The lowest BCUT2D eigenvalue weighted by Gasteiger charge is -2.20. The Kier molecular flexibility index (Phi) is 6.23. The molecule has 5 nitrogen and oxygen atoms in total. The van der Waals surface area contributed by atoms with E-state index in [2.05, 4.69) is 0 Å². The quantitative estimate of drug-likeness (QED) is 0.421. The van der Waals surface area contributed by atoms with Crippen LogP contribution in [-0.2, 0) is 10.0 Å². The second kappa shape index (κ2) is 8.56. The van der Waals surface area contributed by atoms with Gasteiger partial charge in [-0.2, -0.15) is 0 Å². The molecule has 3 aromatic carbocycles. The summed E-state index contributed by atoms with van der Waals surface area (Å²) in [4.78, 5) is 12.2. The van der Waals surface area contributed by atoms with E-state index in [0.29, 0.717) is 6.07 Å². The molecule has 0 fully saturated rings. The first-order valence-electron chi connectivity index (χ1n) is 8.51. The Morgan fingerprint density at radius 3 is 2.23 bits per heavy atom. The van der Waals surface area contributed by atoms with E-state index >= 15 is 0 Å². The topological polar surface area (TPSA) is 66.5 Å². The van der Waals surface area contributed by atoms with Crippen molar-refractivity contribution in [3.8, 4) is 0 Å². The third-order valence-corrected chi connectivity index (χ3v) is 6.43. The molecule has 0 saturated carbocycles. The third-order valence-electron chi connectivity index (χ3n) is 4.31. The van der Waals surface area contributed by atoms with Gasteiger partial charge in [0.1, 0.15) is 5.82 Å². The average molecular weight is 473 g/mol. The lowest BCUT2D eigenvalue weighted by Crippen LogP contribution is -2.27. The smallest absolute Gasteiger partial charge is 0.264 e. The number of hydrogen-bond donors (Lipinski definition) is 1. The maximum Gasteiger partial charge on any atom is 0.264 e. The molecule has 0 aliphatic heterocycles. The van der Waals surface area contributed by atoms with Crippen LogP contribution in [0.2, 0.25) is 5.02 Å². The zero-order chi connectivity index (χ0) is 22.9. The molecular formula is C20H13ClF4N2O3S. The molecule has 0 saturated heterocycles. The minimum Gasteiger partial charge on any atom is -0.319 e. The van der Waals surface area contributed by atoms with Gasteiger partial charge in [0.2, 0.25) is 0 Å². The minimum absolute atomic E-state index is 0.159. The normalized spacial score (nSPS) is 11.3. The van der Waals surface area contributed by atoms with Gasteiger partial charge in [0.25, 0.3) is 15.9 Å². The molecule has 0 spiro atoms. The van der Waals surface area contributed by atoms with E-state index in [1.54, 1.807) is 0 Å². The molecule has 0 bridgehead atoms. The predicted octanol–water partition coefficient (Wildman–Crippen LogP) is 4.97. The van der Waals surface area contributed by atoms with Crippen LogP contribution in [0, 0.1) is 23.3 Å². The van der Waals surface area contributed by atoms with E-state index in [1.165, 1.54) is 19.2 Å². The van der Waals surface area contributed by atoms with Crippen molar-refractivity contribution < 1.29 is 30.8 Å². The summed E-state index contributed by atoms with van der Waals surface area (Å²) in [6.45, 7) is 0. The Bertz CT molecular complexity index is 1270. The zero-order valence-corrected chi connectivity index (χ0v) is 17.2. The van der Waals surface area contributed by atoms with Gasteiger partial charge in [-0.1, -0.05) is 11.6 Å². The number of carbonyl (C=O) groups excluding carboxylic acids is 1. The van der Waals surface area contributed by atoms with Gasteiger partial charge in [-0.3, -0.25) is 9.10 Å². The van der Waals surface area contributed by atoms with Gasteiger partial charge in [-0.05, 0) is 54.6 Å². The molecule has 162 valence electrons. The fraction of sp³-hybridized carbons (Fsp3) is 0.0500. The SMILES string of the molecule is CN(c1ccc(F)cc1)S(=O)(=O)c1ccc(Cl)c(C(=O)Nc2ccc(F)c(F)c2F)c1. The minimum atomic E-state index is -4.18. The van der Waals surface area contributed by atoms with Crippen LogP contribution < -0.4 is 9.62 Å². The van der Waals surface area contributed by atoms with Gasteiger partial charge in [-0.15, -0.1) is 0 Å². The summed E-state index contributed by atoms with van der Waals surface area (Å²) in [7, 11) is -2.95. The van der Waals surface area contributed by atoms with Crippen molar-refractivity contribution in [1.29, 1.82) is 0 Å². The molecule has 1 N–H and O–H groups in total. The molecule has 0 aliphatic rings. The van der Waals surface area contributed by atoms with Crippen molar-refractivity contribution in [1.82, 2.24) is 0 Å². The van der Waals surface area contributed by atoms with Crippen molar-refractivity contribution in [2.24, 2.45) is 0 Å². The summed E-state index contributed by atoms with van der Waals surface area (Å²) >= 11 is 5.98. The van der Waals surface area contributed by atoms with Crippen molar-refractivity contribution in [2.75, 3.05) is 16.7 Å². The first kappa shape index (κ1) is 22.6. The molecule has 0 radical (unpaired) electrons. The lowest BCUT2D eigenvalue weighted by molar-refractivity contribution is 0.102. The highest BCUT2D eigenvalue weighted by Gasteiger charge is 2.24. The second-order valence-corrected chi connectivity index (χ2v) is 8.64. The van der Waals surface area contributed by atoms with Crippen LogP contribution >= 0.6 is 11.6 Å². The number of sulfonamides is 1. The molecule has 0 aromatic heterocycles. The third kappa shape index (κ3) is 4.49. The van der Waals surface area contributed by atoms with Crippen LogP contribution in [0.5, 0.6) is 0 Å². The predicted molar refractivity (Wildman–Crippen MR) is 108 cm³/mol. The van der Waals surface area contributed by atoms with E-state index in [0.717, 1.165) is 40.7 Å². The standard InChI is InChI=1S/C20H13ClF4N2O3S/c1-27(12-4-2-11(22)3-5-12)31(29,30)13-6-7-15(21)14(10-13)20(28)26-17-9-8-16(23)18(24)19(17)25/h2-10H,1H3,(H,26,28). The van der Waals surface area contributed by atoms with E-state index < -0.39 is 44.9 Å². The number of carbonyl (C=O) groups is 1. The largest absolute Gasteiger partial charge is 0.319 e. The highest BCUT2D eigenvalue weighted by atomic mass is 35.5. The number of rotatable bonds is 5. The van der Waals surface area contributed by atoms with E-state index in [9.17, 15) is 30.8 Å². The van der Waals surface area contributed by atoms with Crippen LogP contribution in [0.25, 0.3) is 0 Å². The van der Waals surface area contributed by atoms with Crippen molar-refractivity contribution in [3.05, 3.63) is 88.5 Å². The molecular weight excluding hydrogens is 460 g/mol. The Labute approximate surface area is 179 Å². The van der Waals surface area contributed by atoms with Gasteiger partial charge < -0.3 is 5.32 Å². The first-order valence-corrected chi connectivity index (χ1v) is 10.3. The molecule has 0 aliphatic carbocycles. The highest BCUT2D eigenvalue weighted by Crippen LogP contribution is 2.27. The maximum atomic E-state index is 13.8. The molecule has 11 heteroatoms. The molecule has 1 amide bonds. The van der Waals surface area contributed by atoms with Gasteiger partial charge in [0.05, 0.1) is 26.9 Å². The van der Waals surface area contributed by atoms with Crippen LogP contribution in [0.4, 0.5) is 28.9 Å². The first-order chi connectivity index (χ1) is 14.5. The number of nitrogens with one attached hydrogen (secondary N) is 1. The highest BCUT2D eigenvalue weighted by molar-refractivity contribution is 7.92. The van der Waals surface area contributed by atoms with E-state index in [-0.39, 0.29) is 21.2 Å². The summed E-state index contributed by atoms with van der Waals surface area (Å²) < 4.78 is 80.1. The van der Waals surface area contributed by atoms with E-state index in [4.69, 9.17) is 11.6 Å². The number of halogens is 5. The molecule has 31 heavy (non-hydrogen) atoms. The van der Waals surface area contributed by atoms with Crippen LogP contribution in [0.3, 0.4) is 0 Å². The number of hydrogen-bond acceptors (Lipinski definition) is 3. The van der Waals surface area contributed by atoms with Gasteiger partial charge in [-0.25, -0.2) is 26.0 Å². The number of benzene rings is 3. The Morgan fingerprint density at radius 1 is 0.935 bits per heavy atom. The summed E-state index contributed by atoms with van der Waals surface area (Å²) in [5, 5.41) is 1.86. The van der Waals surface area contributed by atoms with Crippen molar-refractivity contribution in [3.63, 3.8) is 0 Å². The van der Waals surface area contributed by atoms with Gasteiger partial charge in [0, 0.05) is 7.05 Å². The fourth-order valence-corrected chi connectivity index (χ4v) is 4.02. The summed E-state index contributed by atoms with van der Waals surface area (Å²) in [6, 6.07) is 9.33. The maximum absolute atomic E-state index is 13.8. The summed E-state index contributed by atoms with van der Waals surface area (Å²) in [6.07, 6.45) is 0. The molecule has 3 aromatic rings. The van der Waals surface area contributed by atoms with Crippen molar-refractivity contribution >= 4 is 38.9 Å². The lowest BCUT2D eigenvalue weighted by atomic mass is 10.2. The number of anilines is 2. The van der Waals surface area contributed by atoms with Crippen LogP contribution in [0.1, 0.15) is 10.4 Å². The molecule has 0 atom stereocenters. The van der Waals surface area contributed by atoms with Crippen LogP contribution in [-0.4, -0.2) is 21.4 Å². The number of amides is 1. The van der Waals surface area contributed by atoms with Crippen LogP contribution in [0.15, 0.2) is 59.5 Å². The Morgan fingerprint density at radius 2 is 1.58 bits per heavy atom. The van der Waals surface area contributed by atoms with Crippen molar-refractivity contribution in [2.45, 2.75) is 4.90 Å². The number of nitrogens with zero attached hydrogens (tertiary/aromatic N) is 1. The molecule has 0 heterocycles. The van der Waals surface area contributed by atoms with E-state index in [1.807, 2.05) is 5.32 Å². The Hall–Kier alpha value is -3.11. The zero-order valence-electron chi connectivity index (χ0n) is 15.7. The Balaban J connectivity index is 1.95. The summed E-state index contributed by atoms with van der Waals surface area (Å²) in [5.74, 6) is -6.43. The van der Waals surface area contributed by atoms with Gasteiger partial charge in [0.15, 0.2) is 17.5 Å². The molecule has 0 unspecified atom stereocenters. The monoisotopic (exact) mass is 472 g/mol. The molecule has 3 rings (SSSR count). The van der Waals surface area contributed by atoms with Gasteiger partial charge >= 0.3 is 0 Å².